The number of rotatable bonds is 5. The van der Waals surface area contributed by atoms with Gasteiger partial charge < -0.3 is 5.32 Å². The summed E-state index contributed by atoms with van der Waals surface area (Å²) < 4.78 is 0. The van der Waals surface area contributed by atoms with E-state index in [0.717, 1.165) is 17.2 Å². The maximum Gasteiger partial charge on any atom is 0.0669 e. The van der Waals surface area contributed by atoms with Crippen molar-refractivity contribution in [3.63, 3.8) is 0 Å². The van der Waals surface area contributed by atoms with Gasteiger partial charge in [0.25, 0.3) is 0 Å². The minimum Gasteiger partial charge on any atom is -0.377 e. The number of anilines is 1. The molecule has 1 heterocycles. The lowest BCUT2D eigenvalue weighted by molar-refractivity contribution is 0.691. The first-order valence-corrected chi connectivity index (χ1v) is 7.50. The zero-order chi connectivity index (χ0) is 13.1. The molecule has 1 N–H and O–H groups in total. The molecular formula is C16H16N2S. The van der Waals surface area contributed by atoms with Gasteiger partial charge in [-0.05, 0) is 47.9 Å². The van der Waals surface area contributed by atoms with Crippen LogP contribution in [0.5, 0.6) is 0 Å². The van der Waals surface area contributed by atoms with Crippen molar-refractivity contribution in [3.05, 3.63) is 52.2 Å². The summed E-state index contributed by atoms with van der Waals surface area (Å²) in [5.41, 5.74) is 2.22. The predicted molar refractivity (Wildman–Crippen MR) is 79.2 cm³/mol. The third-order valence-corrected chi connectivity index (χ3v) is 4.46. The fraction of sp³-hybridized carbons (Fsp3) is 0.312. The smallest absolute Gasteiger partial charge is 0.0669 e. The maximum atomic E-state index is 8.68. The number of nitriles is 1. The molecule has 0 radical (unpaired) electrons. The van der Waals surface area contributed by atoms with Crippen LogP contribution in [0.25, 0.3) is 0 Å². The highest BCUT2D eigenvalue weighted by Crippen LogP contribution is 2.44. The highest BCUT2D eigenvalue weighted by Gasteiger charge is 2.32. The van der Waals surface area contributed by atoms with E-state index in [1.165, 1.54) is 17.7 Å². The second-order valence-corrected chi connectivity index (χ2v) is 5.99. The molecule has 1 fully saturated rings. The zero-order valence-electron chi connectivity index (χ0n) is 10.7. The topological polar surface area (TPSA) is 35.8 Å². The molecule has 0 saturated heterocycles. The van der Waals surface area contributed by atoms with Crippen LogP contribution in [0.3, 0.4) is 0 Å². The average molecular weight is 268 g/mol. The molecule has 3 rings (SSSR count). The molecule has 96 valence electrons. The Hall–Kier alpha value is -1.79. The summed E-state index contributed by atoms with van der Waals surface area (Å²) in [4.78, 5) is 1.42. The highest BCUT2D eigenvalue weighted by molar-refractivity contribution is 7.10. The van der Waals surface area contributed by atoms with Crippen LogP contribution in [0, 0.1) is 17.2 Å². The van der Waals surface area contributed by atoms with E-state index in [0.29, 0.717) is 12.5 Å². The van der Waals surface area contributed by atoms with E-state index in [1.54, 1.807) is 0 Å². The molecule has 0 aliphatic heterocycles. The minimum atomic E-state index is 0.446. The second kappa shape index (κ2) is 5.46. The standard InChI is InChI=1S/C16H16N2S/c17-10-9-12-3-7-14(8-4-12)18-16(13-5-6-13)15-2-1-11-19-15/h1-4,7-8,11,13,16,18H,5-6,9H2. The van der Waals surface area contributed by atoms with Crippen LogP contribution in [-0.4, -0.2) is 0 Å². The third kappa shape index (κ3) is 2.97. The van der Waals surface area contributed by atoms with Crippen LogP contribution < -0.4 is 5.32 Å². The van der Waals surface area contributed by atoms with Gasteiger partial charge in [0.05, 0.1) is 18.5 Å². The second-order valence-electron chi connectivity index (χ2n) is 5.01. The van der Waals surface area contributed by atoms with E-state index in [-0.39, 0.29) is 0 Å². The van der Waals surface area contributed by atoms with E-state index >= 15 is 0 Å². The van der Waals surface area contributed by atoms with Crippen molar-refractivity contribution in [1.82, 2.24) is 0 Å². The summed E-state index contributed by atoms with van der Waals surface area (Å²) >= 11 is 1.82. The molecule has 1 aliphatic carbocycles. The van der Waals surface area contributed by atoms with Crippen molar-refractivity contribution in [2.75, 3.05) is 5.32 Å². The fourth-order valence-corrected chi connectivity index (χ4v) is 3.18. The van der Waals surface area contributed by atoms with Gasteiger partial charge in [0.15, 0.2) is 0 Å². The van der Waals surface area contributed by atoms with Gasteiger partial charge in [0.2, 0.25) is 0 Å². The quantitative estimate of drug-likeness (QED) is 0.873. The molecule has 1 saturated carbocycles. The molecule has 1 atom stereocenters. The Labute approximate surface area is 117 Å². The molecule has 1 aliphatic rings. The maximum absolute atomic E-state index is 8.68. The SMILES string of the molecule is N#CCc1ccc(NC(c2cccs2)C2CC2)cc1. The molecule has 0 bridgehead atoms. The summed E-state index contributed by atoms with van der Waals surface area (Å²) in [7, 11) is 0. The van der Waals surface area contributed by atoms with E-state index < -0.39 is 0 Å². The van der Waals surface area contributed by atoms with Gasteiger partial charge in [0, 0.05) is 10.6 Å². The van der Waals surface area contributed by atoms with Crippen molar-refractivity contribution in [1.29, 1.82) is 5.26 Å². The Kier molecular flexibility index (Phi) is 3.52. The highest BCUT2D eigenvalue weighted by atomic mass is 32.1. The predicted octanol–water partition coefficient (Wildman–Crippen LogP) is 4.38. The first kappa shape index (κ1) is 12.3. The summed E-state index contributed by atoms with van der Waals surface area (Å²) in [5, 5.41) is 14.5. The molecule has 1 aromatic carbocycles. The van der Waals surface area contributed by atoms with Crippen molar-refractivity contribution in [2.24, 2.45) is 5.92 Å². The van der Waals surface area contributed by atoms with Gasteiger partial charge in [-0.25, -0.2) is 0 Å². The Balaban J connectivity index is 1.73. The van der Waals surface area contributed by atoms with Gasteiger partial charge in [0.1, 0.15) is 0 Å². The van der Waals surface area contributed by atoms with E-state index in [9.17, 15) is 0 Å². The van der Waals surface area contributed by atoms with Crippen molar-refractivity contribution < 1.29 is 0 Å². The monoisotopic (exact) mass is 268 g/mol. The molecule has 0 spiro atoms. The molecular weight excluding hydrogens is 252 g/mol. The summed E-state index contributed by atoms with van der Waals surface area (Å²) in [5.74, 6) is 0.775. The lowest BCUT2D eigenvalue weighted by atomic mass is 10.1. The van der Waals surface area contributed by atoms with Crippen LogP contribution in [0.1, 0.15) is 29.3 Å². The van der Waals surface area contributed by atoms with Crippen molar-refractivity contribution in [3.8, 4) is 6.07 Å². The number of benzene rings is 1. The zero-order valence-corrected chi connectivity index (χ0v) is 11.5. The van der Waals surface area contributed by atoms with Crippen LogP contribution >= 0.6 is 11.3 Å². The van der Waals surface area contributed by atoms with Gasteiger partial charge >= 0.3 is 0 Å². The van der Waals surface area contributed by atoms with Gasteiger partial charge in [-0.15, -0.1) is 11.3 Å². The molecule has 2 aromatic rings. The van der Waals surface area contributed by atoms with Crippen LogP contribution in [0.4, 0.5) is 5.69 Å². The largest absolute Gasteiger partial charge is 0.377 e. The number of hydrogen-bond acceptors (Lipinski definition) is 3. The molecule has 19 heavy (non-hydrogen) atoms. The number of nitrogens with zero attached hydrogens (tertiary/aromatic N) is 1. The first-order chi connectivity index (χ1) is 9.36. The summed E-state index contributed by atoms with van der Waals surface area (Å²) in [6, 6.07) is 15.2. The van der Waals surface area contributed by atoms with Gasteiger partial charge in [-0.1, -0.05) is 18.2 Å². The first-order valence-electron chi connectivity index (χ1n) is 6.62. The van der Waals surface area contributed by atoms with Crippen molar-refractivity contribution in [2.45, 2.75) is 25.3 Å². The molecule has 2 nitrogen and oxygen atoms in total. The minimum absolute atomic E-state index is 0.446. The van der Waals surface area contributed by atoms with Gasteiger partial charge in [-0.2, -0.15) is 5.26 Å². The number of nitrogens with one attached hydrogen (secondary N) is 1. The molecule has 1 unspecified atom stereocenters. The number of thiophene rings is 1. The molecule has 1 aromatic heterocycles. The molecule has 0 amide bonds. The Morgan fingerprint density at radius 3 is 2.63 bits per heavy atom. The summed E-state index contributed by atoms with van der Waals surface area (Å²) in [6.07, 6.45) is 3.13. The van der Waals surface area contributed by atoms with E-state index in [4.69, 9.17) is 5.26 Å². The van der Waals surface area contributed by atoms with Gasteiger partial charge in [-0.3, -0.25) is 0 Å². The van der Waals surface area contributed by atoms with E-state index in [1.807, 2.05) is 23.5 Å². The lowest BCUT2D eigenvalue weighted by Gasteiger charge is -2.18. The van der Waals surface area contributed by atoms with Crippen LogP contribution in [0.2, 0.25) is 0 Å². The van der Waals surface area contributed by atoms with Crippen LogP contribution in [0.15, 0.2) is 41.8 Å². The Morgan fingerprint density at radius 1 is 1.26 bits per heavy atom. The molecule has 3 heteroatoms. The normalized spacial score (nSPS) is 15.7. The Bertz CT molecular complexity index is 562. The third-order valence-electron chi connectivity index (χ3n) is 3.50. The summed E-state index contributed by atoms with van der Waals surface area (Å²) in [6.45, 7) is 0. The fourth-order valence-electron chi connectivity index (χ4n) is 2.31. The van der Waals surface area contributed by atoms with E-state index in [2.05, 4.69) is 41.0 Å². The number of hydrogen-bond donors (Lipinski definition) is 1. The Morgan fingerprint density at radius 2 is 2.05 bits per heavy atom. The van der Waals surface area contributed by atoms with Crippen molar-refractivity contribution >= 4 is 17.0 Å². The average Bonchev–Trinajstić information content (AvgIpc) is 3.13. The van der Waals surface area contributed by atoms with Crippen LogP contribution in [-0.2, 0) is 6.42 Å². The lowest BCUT2D eigenvalue weighted by Crippen LogP contribution is -2.11.